The summed E-state index contributed by atoms with van der Waals surface area (Å²) >= 11 is 0. The molecule has 0 bridgehead atoms. The molecule has 0 atom stereocenters. The first kappa shape index (κ1) is 17.2. The fourth-order valence-corrected chi connectivity index (χ4v) is 2.69. The lowest BCUT2D eigenvalue weighted by atomic mass is 10.1. The third-order valence-electron chi connectivity index (χ3n) is 4.03. The molecule has 0 saturated carbocycles. The van der Waals surface area contributed by atoms with Crippen molar-refractivity contribution in [3.05, 3.63) is 83.2 Å². The Kier molecular flexibility index (Phi) is 4.95. The highest BCUT2D eigenvalue weighted by atomic mass is 16.1. The van der Waals surface area contributed by atoms with Crippen LogP contribution in [-0.4, -0.2) is 15.7 Å². The summed E-state index contributed by atoms with van der Waals surface area (Å²) in [4.78, 5) is 12.1. The zero-order valence-electron chi connectivity index (χ0n) is 14.6. The summed E-state index contributed by atoms with van der Waals surface area (Å²) in [6, 6.07) is 18.7. The highest BCUT2D eigenvalue weighted by Crippen LogP contribution is 2.19. The number of carbonyl (C=O) groups excluding carboxylic acids is 1. The molecule has 26 heavy (non-hydrogen) atoms. The van der Waals surface area contributed by atoms with E-state index < -0.39 is 0 Å². The molecule has 128 valence electrons. The number of carbonyl (C=O) groups is 1. The first-order chi connectivity index (χ1) is 12.6. The van der Waals surface area contributed by atoms with Crippen molar-refractivity contribution in [2.24, 2.45) is 0 Å². The second kappa shape index (κ2) is 7.49. The van der Waals surface area contributed by atoms with Crippen molar-refractivity contribution in [1.82, 2.24) is 9.78 Å². The Balaban J connectivity index is 1.77. The third-order valence-corrected chi connectivity index (χ3v) is 4.03. The predicted octanol–water partition coefficient (Wildman–Crippen LogP) is 4.01. The van der Waals surface area contributed by atoms with Crippen LogP contribution in [0.25, 0.3) is 11.8 Å². The number of hydrogen-bond acceptors (Lipinski definition) is 3. The number of aryl methyl sites for hydroxylation is 1. The molecule has 0 radical (unpaired) electrons. The molecular weight excluding hydrogens is 324 g/mol. The lowest BCUT2D eigenvalue weighted by molar-refractivity contribution is -0.111. The summed E-state index contributed by atoms with van der Waals surface area (Å²) in [5, 5.41) is 16.1. The summed E-state index contributed by atoms with van der Waals surface area (Å²) in [5.41, 5.74) is 4.92. The second-order valence-electron chi connectivity index (χ2n) is 5.84. The number of para-hydroxylation sites is 1. The monoisotopic (exact) mass is 342 g/mol. The standard InChI is InChI=1S/C21H18N4O/c1-15-20(16(2)25(24-15)19-6-4-3-5-7-19)12-13-21(26)23-18-10-8-17(14-22)9-11-18/h3-13H,1-2H3,(H,23,26)/b13-12+. The van der Waals surface area contributed by atoms with Crippen LogP contribution in [-0.2, 0) is 4.79 Å². The van der Waals surface area contributed by atoms with Gasteiger partial charge in [0.25, 0.3) is 0 Å². The highest BCUT2D eigenvalue weighted by Gasteiger charge is 2.10. The van der Waals surface area contributed by atoms with Crippen molar-refractivity contribution >= 4 is 17.7 Å². The van der Waals surface area contributed by atoms with Gasteiger partial charge in [-0.25, -0.2) is 4.68 Å². The van der Waals surface area contributed by atoms with E-state index in [-0.39, 0.29) is 5.91 Å². The molecule has 3 aromatic rings. The van der Waals surface area contributed by atoms with Crippen molar-refractivity contribution in [3.63, 3.8) is 0 Å². The maximum absolute atomic E-state index is 12.1. The van der Waals surface area contributed by atoms with Gasteiger partial charge in [-0.2, -0.15) is 10.4 Å². The molecule has 0 aliphatic carbocycles. The first-order valence-electron chi connectivity index (χ1n) is 8.19. The molecule has 1 aromatic heterocycles. The van der Waals surface area contributed by atoms with E-state index in [1.54, 1.807) is 30.3 Å². The average Bonchev–Trinajstić information content (AvgIpc) is 2.95. The summed E-state index contributed by atoms with van der Waals surface area (Å²) in [6.45, 7) is 3.90. The normalized spacial score (nSPS) is 10.7. The first-order valence-corrected chi connectivity index (χ1v) is 8.19. The number of benzene rings is 2. The molecule has 0 fully saturated rings. The molecule has 2 aromatic carbocycles. The van der Waals surface area contributed by atoms with Gasteiger partial charge in [-0.3, -0.25) is 4.79 Å². The molecule has 0 aliphatic rings. The predicted molar refractivity (Wildman–Crippen MR) is 102 cm³/mol. The number of hydrogen-bond donors (Lipinski definition) is 1. The van der Waals surface area contributed by atoms with Crippen molar-refractivity contribution in [2.45, 2.75) is 13.8 Å². The summed E-state index contributed by atoms with van der Waals surface area (Å²) in [5.74, 6) is -0.235. The summed E-state index contributed by atoms with van der Waals surface area (Å²) in [7, 11) is 0. The van der Waals surface area contributed by atoms with Crippen molar-refractivity contribution < 1.29 is 4.79 Å². The minimum atomic E-state index is -0.235. The molecule has 1 N–H and O–H groups in total. The molecule has 0 aliphatic heterocycles. The lowest BCUT2D eigenvalue weighted by Crippen LogP contribution is -2.07. The number of nitriles is 1. The molecule has 5 heteroatoms. The molecule has 0 saturated heterocycles. The maximum Gasteiger partial charge on any atom is 0.248 e. The summed E-state index contributed by atoms with van der Waals surface area (Å²) < 4.78 is 1.87. The molecule has 1 amide bonds. The maximum atomic E-state index is 12.1. The molecule has 5 nitrogen and oxygen atoms in total. The van der Waals surface area contributed by atoms with Gasteiger partial charge in [-0.15, -0.1) is 0 Å². The van der Waals surface area contributed by atoms with E-state index in [9.17, 15) is 4.79 Å². The Labute approximate surface area is 152 Å². The van der Waals surface area contributed by atoms with Crippen LogP contribution in [0.3, 0.4) is 0 Å². The minimum Gasteiger partial charge on any atom is -0.323 e. The van der Waals surface area contributed by atoms with Crippen LogP contribution in [0.1, 0.15) is 22.5 Å². The van der Waals surface area contributed by atoms with Crippen LogP contribution in [0.15, 0.2) is 60.7 Å². The SMILES string of the molecule is Cc1nn(-c2ccccc2)c(C)c1/C=C/C(=O)Nc1ccc(C#N)cc1. The van der Waals surface area contributed by atoms with Gasteiger partial charge in [0.1, 0.15) is 0 Å². The smallest absolute Gasteiger partial charge is 0.248 e. The minimum absolute atomic E-state index is 0.235. The van der Waals surface area contributed by atoms with Crippen LogP contribution < -0.4 is 5.32 Å². The van der Waals surface area contributed by atoms with E-state index in [4.69, 9.17) is 5.26 Å². The van der Waals surface area contributed by atoms with Gasteiger partial charge in [0.05, 0.1) is 23.0 Å². The fourth-order valence-electron chi connectivity index (χ4n) is 2.69. The highest BCUT2D eigenvalue weighted by molar-refractivity contribution is 6.02. The van der Waals surface area contributed by atoms with Crippen LogP contribution in [0.5, 0.6) is 0 Å². The molecule has 3 rings (SSSR count). The molecule has 0 spiro atoms. The van der Waals surface area contributed by atoms with Crippen molar-refractivity contribution in [1.29, 1.82) is 5.26 Å². The Hall–Kier alpha value is -3.65. The van der Waals surface area contributed by atoms with Crippen LogP contribution in [0.4, 0.5) is 5.69 Å². The Morgan fingerprint density at radius 1 is 1.12 bits per heavy atom. The number of amides is 1. The van der Waals surface area contributed by atoms with Crippen molar-refractivity contribution in [3.8, 4) is 11.8 Å². The third kappa shape index (κ3) is 3.70. The van der Waals surface area contributed by atoms with E-state index in [0.717, 1.165) is 22.6 Å². The van der Waals surface area contributed by atoms with Gasteiger partial charge in [0.15, 0.2) is 0 Å². The van der Waals surface area contributed by atoms with Gasteiger partial charge in [-0.05, 0) is 56.3 Å². The van der Waals surface area contributed by atoms with Gasteiger partial charge in [0.2, 0.25) is 5.91 Å². The lowest BCUT2D eigenvalue weighted by Gasteiger charge is -2.04. The van der Waals surface area contributed by atoms with Gasteiger partial charge < -0.3 is 5.32 Å². The van der Waals surface area contributed by atoms with Gasteiger partial charge >= 0.3 is 0 Å². The van der Waals surface area contributed by atoms with E-state index in [1.165, 1.54) is 6.08 Å². The van der Waals surface area contributed by atoms with Crippen LogP contribution in [0.2, 0.25) is 0 Å². The van der Waals surface area contributed by atoms with Gasteiger partial charge in [-0.1, -0.05) is 18.2 Å². The quantitative estimate of drug-likeness (QED) is 0.728. The summed E-state index contributed by atoms with van der Waals surface area (Å²) in [6.07, 6.45) is 3.26. The van der Waals surface area contributed by atoms with E-state index in [1.807, 2.05) is 54.9 Å². The van der Waals surface area contributed by atoms with E-state index in [2.05, 4.69) is 10.4 Å². The van der Waals surface area contributed by atoms with E-state index in [0.29, 0.717) is 11.3 Å². The molecule has 0 unspecified atom stereocenters. The van der Waals surface area contributed by atoms with Gasteiger partial charge in [0, 0.05) is 23.0 Å². The van der Waals surface area contributed by atoms with Crippen molar-refractivity contribution in [2.75, 3.05) is 5.32 Å². The topological polar surface area (TPSA) is 70.7 Å². The fraction of sp³-hybridized carbons (Fsp3) is 0.0952. The average molecular weight is 342 g/mol. The number of nitrogens with one attached hydrogen (secondary N) is 1. The zero-order chi connectivity index (χ0) is 18.5. The Bertz CT molecular complexity index is 993. The molecular formula is C21H18N4O. The molecule has 1 heterocycles. The van der Waals surface area contributed by atoms with Crippen LogP contribution >= 0.6 is 0 Å². The van der Waals surface area contributed by atoms with E-state index >= 15 is 0 Å². The Morgan fingerprint density at radius 2 is 1.81 bits per heavy atom. The zero-order valence-corrected chi connectivity index (χ0v) is 14.6. The van der Waals surface area contributed by atoms with Crippen LogP contribution in [0, 0.1) is 25.2 Å². The number of aromatic nitrogens is 2. The number of nitrogens with zero attached hydrogens (tertiary/aromatic N) is 3. The number of rotatable bonds is 4. The largest absolute Gasteiger partial charge is 0.323 e. The Morgan fingerprint density at radius 3 is 2.46 bits per heavy atom. The second-order valence-corrected chi connectivity index (χ2v) is 5.84. The number of anilines is 1.